The van der Waals surface area contributed by atoms with Crippen LogP contribution in [0.1, 0.15) is 0 Å². The standard InChI is InChI=1S/C18H18N4O7S2/c1-29-10-20-16-7-11(19)5-6-15(16)22-21-12-8-14-13(18(9-12)31(26,27)28)3-2-4-17(14)30(23,24)25/h2-9,20H,10,19H2,1H3,(H,23,24,25)(H,26,27,28). The van der Waals surface area contributed by atoms with E-state index in [0.717, 1.165) is 12.1 Å². The van der Waals surface area contributed by atoms with E-state index in [4.69, 9.17) is 10.5 Å². The van der Waals surface area contributed by atoms with E-state index in [2.05, 4.69) is 15.5 Å². The minimum absolute atomic E-state index is 0.0780. The Morgan fingerprint density at radius 3 is 2.29 bits per heavy atom. The Labute approximate surface area is 178 Å². The molecular weight excluding hydrogens is 448 g/mol. The zero-order valence-electron chi connectivity index (χ0n) is 16.0. The highest BCUT2D eigenvalue weighted by atomic mass is 32.2. The first-order valence-corrected chi connectivity index (χ1v) is 11.4. The number of nitrogens with one attached hydrogen (secondary N) is 1. The van der Waals surface area contributed by atoms with Gasteiger partial charge in [-0.15, -0.1) is 5.11 Å². The zero-order chi connectivity index (χ0) is 22.8. The molecule has 0 heterocycles. The van der Waals surface area contributed by atoms with Crippen LogP contribution >= 0.6 is 0 Å². The number of hydrogen-bond donors (Lipinski definition) is 4. The number of azo groups is 1. The maximum absolute atomic E-state index is 11.9. The van der Waals surface area contributed by atoms with Crippen molar-refractivity contribution in [3.05, 3.63) is 48.5 Å². The second-order valence-corrected chi connectivity index (χ2v) is 9.11. The number of nitrogens with zero attached hydrogens (tertiary/aromatic N) is 2. The van der Waals surface area contributed by atoms with Crippen molar-refractivity contribution in [1.82, 2.24) is 0 Å². The summed E-state index contributed by atoms with van der Waals surface area (Å²) in [6, 6.07) is 10.6. The molecule has 0 saturated heterocycles. The Kier molecular flexibility index (Phi) is 6.24. The highest BCUT2D eigenvalue weighted by Gasteiger charge is 2.21. The van der Waals surface area contributed by atoms with Gasteiger partial charge in [-0.1, -0.05) is 12.1 Å². The summed E-state index contributed by atoms with van der Waals surface area (Å²) in [5.74, 6) is 0. The zero-order valence-corrected chi connectivity index (χ0v) is 17.7. The molecule has 0 fully saturated rings. The molecule has 0 radical (unpaired) electrons. The van der Waals surface area contributed by atoms with Gasteiger partial charge in [0.2, 0.25) is 0 Å². The van der Waals surface area contributed by atoms with Gasteiger partial charge in [0.15, 0.2) is 0 Å². The third kappa shape index (κ3) is 5.15. The van der Waals surface area contributed by atoms with E-state index < -0.39 is 30.0 Å². The minimum atomic E-state index is -4.75. The molecule has 31 heavy (non-hydrogen) atoms. The van der Waals surface area contributed by atoms with Crippen molar-refractivity contribution in [2.45, 2.75) is 9.79 Å². The van der Waals surface area contributed by atoms with Crippen LogP contribution in [0.25, 0.3) is 10.8 Å². The molecule has 3 rings (SSSR count). The average molecular weight is 466 g/mol. The Balaban J connectivity index is 2.20. The summed E-state index contributed by atoms with van der Waals surface area (Å²) in [7, 11) is -7.94. The summed E-state index contributed by atoms with van der Waals surface area (Å²) in [5.41, 5.74) is 6.96. The van der Waals surface area contributed by atoms with Crippen LogP contribution in [0.2, 0.25) is 0 Å². The number of nitrogen functional groups attached to an aromatic ring is 1. The maximum Gasteiger partial charge on any atom is 0.295 e. The molecule has 3 aromatic carbocycles. The number of hydrogen-bond acceptors (Lipinski definition) is 9. The second-order valence-electron chi connectivity index (χ2n) is 6.33. The van der Waals surface area contributed by atoms with Gasteiger partial charge in [0, 0.05) is 23.6 Å². The molecule has 0 atom stereocenters. The topological polar surface area (TPSA) is 181 Å². The van der Waals surface area contributed by atoms with Crippen molar-refractivity contribution >= 4 is 53.8 Å². The third-order valence-corrected chi connectivity index (χ3v) is 5.96. The molecule has 5 N–H and O–H groups in total. The number of nitrogens with two attached hydrogens (primary N) is 1. The molecule has 0 spiro atoms. The van der Waals surface area contributed by atoms with Crippen molar-refractivity contribution in [3.8, 4) is 0 Å². The molecular formula is C18H18N4O7S2. The van der Waals surface area contributed by atoms with Crippen LogP contribution in [0, 0.1) is 0 Å². The molecule has 3 aromatic rings. The molecule has 0 unspecified atom stereocenters. The Bertz CT molecular complexity index is 1390. The van der Waals surface area contributed by atoms with Crippen LogP contribution in [-0.4, -0.2) is 39.8 Å². The fourth-order valence-corrected chi connectivity index (χ4v) is 4.27. The molecule has 0 bridgehead atoms. The maximum atomic E-state index is 11.9. The van der Waals surface area contributed by atoms with Crippen LogP contribution in [0.15, 0.2) is 68.6 Å². The summed E-state index contributed by atoms with van der Waals surface area (Å²) >= 11 is 0. The fourth-order valence-electron chi connectivity index (χ4n) is 2.85. The third-order valence-electron chi connectivity index (χ3n) is 4.16. The normalized spacial score (nSPS) is 12.5. The molecule has 0 amide bonds. The number of ether oxygens (including phenoxy) is 1. The summed E-state index contributed by atoms with van der Waals surface area (Å²) in [4.78, 5) is -1.12. The Hall–Kier alpha value is -3.10. The molecule has 0 saturated carbocycles. The molecule has 164 valence electrons. The summed E-state index contributed by atoms with van der Waals surface area (Å²) in [6.07, 6.45) is 0. The van der Waals surface area contributed by atoms with Gasteiger partial charge in [-0.2, -0.15) is 21.9 Å². The van der Waals surface area contributed by atoms with Crippen LogP contribution in [0.5, 0.6) is 0 Å². The predicted molar refractivity (Wildman–Crippen MR) is 114 cm³/mol. The van der Waals surface area contributed by atoms with Crippen LogP contribution in [-0.2, 0) is 25.0 Å². The summed E-state index contributed by atoms with van der Waals surface area (Å²) in [6.45, 7) is 0.159. The quantitative estimate of drug-likeness (QED) is 0.176. The van der Waals surface area contributed by atoms with Gasteiger partial charge < -0.3 is 15.8 Å². The van der Waals surface area contributed by atoms with Crippen molar-refractivity contribution in [3.63, 3.8) is 0 Å². The van der Waals surface area contributed by atoms with Gasteiger partial charge in [0.05, 0.1) is 11.4 Å². The van der Waals surface area contributed by atoms with E-state index in [-0.39, 0.29) is 23.2 Å². The highest BCUT2D eigenvalue weighted by molar-refractivity contribution is 7.86. The van der Waals surface area contributed by atoms with Crippen LogP contribution in [0.4, 0.5) is 22.7 Å². The van der Waals surface area contributed by atoms with E-state index in [1.54, 1.807) is 18.2 Å². The lowest BCUT2D eigenvalue weighted by Crippen LogP contribution is -2.03. The lowest BCUT2D eigenvalue weighted by molar-refractivity contribution is 0.221. The first kappa shape index (κ1) is 22.6. The number of benzene rings is 3. The SMILES string of the molecule is COCNc1cc(N)ccc1N=Nc1cc(S(=O)(=O)O)c2cccc(S(=O)(=O)O)c2c1. The Morgan fingerprint density at radius 2 is 1.65 bits per heavy atom. The number of rotatable bonds is 7. The van der Waals surface area contributed by atoms with Gasteiger partial charge in [-0.25, -0.2) is 0 Å². The molecule has 0 aliphatic rings. The van der Waals surface area contributed by atoms with Crippen molar-refractivity contribution < 1.29 is 30.7 Å². The van der Waals surface area contributed by atoms with Crippen molar-refractivity contribution in [2.75, 3.05) is 24.9 Å². The predicted octanol–water partition coefficient (Wildman–Crippen LogP) is 3.35. The fraction of sp³-hybridized carbons (Fsp3) is 0.111. The van der Waals surface area contributed by atoms with E-state index >= 15 is 0 Å². The van der Waals surface area contributed by atoms with Crippen molar-refractivity contribution in [2.24, 2.45) is 10.2 Å². The van der Waals surface area contributed by atoms with Gasteiger partial charge in [0.1, 0.15) is 22.2 Å². The number of anilines is 2. The molecule has 11 nitrogen and oxygen atoms in total. The van der Waals surface area contributed by atoms with E-state index in [1.807, 2.05) is 0 Å². The summed E-state index contributed by atoms with van der Waals surface area (Å²) < 4.78 is 71.3. The first-order valence-electron chi connectivity index (χ1n) is 8.56. The first-order chi connectivity index (χ1) is 14.5. The van der Waals surface area contributed by atoms with Crippen LogP contribution in [0.3, 0.4) is 0 Å². The smallest absolute Gasteiger partial charge is 0.295 e. The molecule has 0 aliphatic heterocycles. The van der Waals surface area contributed by atoms with E-state index in [9.17, 15) is 25.9 Å². The average Bonchev–Trinajstić information content (AvgIpc) is 2.69. The monoisotopic (exact) mass is 466 g/mol. The largest absolute Gasteiger partial charge is 0.399 e. The number of methoxy groups -OCH3 is 1. The summed E-state index contributed by atoms with van der Waals surface area (Å²) in [5, 5.41) is 10.7. The highest BCUT2D eigenvalue weighted by Crippen LogP contribution is 2.35. The van der Waals surface area contributed by atoms with Gasteiger partial charge in [-0.05, 0) is 36.4 Å². The van der Waals surface area contributed by atoms with E-state index in [0.29, 0.717) is 17.1 Å². The minimum Gasteiger partial charge on any atom is -0.399 e. The Morgan fingerprint density at radius 1 is 0.935 bits per heavy atom. The van der Waals surface area contributed by atoms with Crippen LogP contribution < -0.4 is 11.1 Å². The number of fused-ring (bicyclic) bond motifs is 1. The molecule has 0 aliphatic carbocycles. The van der Waals surface area contributed by atoms with Crippen molar-refractivity contribution in [1.29, 1.82) is 0 Å². The molecule has 13 heteroatoms. The second kappa shape index (κ2) is 8.56. The van der Waals surface area contributed by atoms with Gasteiger partial charge in [0.25, 0.3) is 20.2 Å². The van der Waals surface area contributed by atoms with Gasteiger partial charge in [-0.3, -0.25) is 9.11 Å². The lowest BCUT2D eigenvalue weighted by Gasteiger charge is -2.10. The lowest BCUT2D eigenvalue weighted by atomic mass is 10.1. The molecule has 0 aromatic heterocycles. The van der Waals surface area contributed by atoms with Gasteiger partial charge >= 0.3 is 0 Å². The van der Waals surface area contributed by atoms with E-state index in [1.165, 1.54) is 25.3 Å².